The van der Waals surface area contributed by atoms with Gasteiger partial charge in [0.25, 0.3) is 0 Å². The molecule has 0 bridgehead atoms. The SMILES string of the molecule is CCS(=O)(=O)c1ccc(CC(=O)Nc2ccc(-c3ccc(F)cc3)c(Oc3cccc(F)c3)c2)cc1. The molecular weight excluding hydrogens is 484 g/mol. The van der Waals surface area contributed by atoms with Gasteiger partial charge < -0.3 is 10.1 Å². The fourth-order valence-electron chi connectivity index (χ4n) is 3.58. The number of carbonyl (C=O) groups excluding carboxylic acids is 1. The largest absolute Gasteiger partial charge is 0.457 e. The number of carbonyl (C=O) groups is 1. The molecule has 1 N–H and O–H groups in total. The normalized spacial score (nSPS) is 11.2. The molecular formula is C28H23F2NO4S. The number of ether oxygens (including phenoxy) is 1. The summed E-state index contributed by atoms with van der Waals surface area (Å²) < 4.78 is 57.0. The molecule has 0 radical (unpaired) electrons. The predicted octanol–water partition coefficient (Wildman–Crippen LogP) is 6.40. The molecule has 8 heteroatoms. The van der Waals surface area contributed by atoms with Crippen LogP contribution >= 0.6 is 0 Å². The first kappa shape index (κ1) is 25.1. The van der Waals surface area contributed by atoms with Gasteiger partial charge in [0.15, 0.2) is 9.84 Å². The number of sulfone groups is 1. The van der Waals surface area contributed by atoms with E-state index in [1.54, 1.807) is 55.5 Å². The Labute approximate surface area is 208 Å². The maximum atomic E-state index is 13.7. The Bertz CT molecular complexity index is 1490. The van der Waals surface area contributed by atoms with Gasteiger partial charge in [0.05, 0.1) is 17.1 Å². The molecule has 0 aliphatic carbocycles. The van der Waals surface area contributed by atoms with E-state index in [4.69, 9.17) is 4.74 Å². The van der Waals surface area contributed by atoms with E-state index in [0.29, 0.717) is 28.1 Å². The van der Waals surface area contributed by atoms with Crippen LogP contribution in [0.25, 0.3) is 11.1 Å². The minimum atomic E-state index is -3.31. The van der Waals surface area contributed by atoms with Crippen molar-refractivity contribution in [3.63, 3.8) is 0 Å². The molecule has 5 nitrogen and oxygen atoms in total. The van der Waals surface area contributed by atoms with Crippen molar-refractivity contribution in [3.8, 4) is 22.6 Å². The molecule has 0 aromatic heterocycles. The lowest BCUT2D eigenvalue weighted by Gasteiger charge is -2.14. The van der Waals surface area contributed by atoms with Crippen LogP contribution in [-0.4, -0.2) is 20.1 Å². The van der Waals surface area contributed by atoms with E-state index in [2.05, 4.69) is 5.32 Å². The minimum Gasteiger partial charge on any atom is -0.457 e. The van der Waals surface area contributed by atoms with Gasteiger partial charge in [0, 0.05) is 23.4 Å². The summed E-state index contributed by atoms with van der Waals surface area (Å²) >= 11 is 0. The van der Waals surface area contributed by atoms with Crippen molar-refractivity contribution in [2.24, 2.45) is 0 Å². The Morgan fingerprint density at radius 3 is 2.25 bits per heavy atom. The summed E-state index contributed by atoms with van der Waals surface area (Å²) in [6.45, 7) is 1.57. The van der Waals surface area contributed by atoms with Crippen LogP contribution in [0.4, 0.5) is 14.5 Å². The van der Waals surface area contributed by atoms with Crippen molar-refractivity contribution >= 4 is 21.4 Å². The van der Waals surface area contributed by atoms with Gasteiger partial charge in [-0.15, -0.1) is 0 Å². The third kappa shape index (κ3) is 6.14. The Balaban J connectivity index is 1.56. The highest BCUT2D eigenvalue weighted by Gasteiger charge is 2.14. The zero-order chi connectivity index (χ0) is 25.7. The van der Waals surface area contributed by atoms with Crippen molar-refractivity contribution in [2.75, 3.05) is 11.1 Å². The molecule has 0 aliphatic heterocycles. The number of halogens is 2. The number of hydrogen-bond donors (Lipinski definition) is 1. The molecule has 184 valence electrons. The number of anilines is 1. The van der Waals surface area contributed by atoms with E-state index in [9.17, 15) is 22.0 Å². The van der Waals surface area contributed by atoms with Gasteiger partial charge >= 0.3 is 0 Å². The summed E-state index contributed by atoms with van der Waals surface area (Å²) in [6.07, 6.45) is 0.0340. The van der Waals surface area contributed by atoms with E-state index >= 15 is 0 Å². The summed E-state index contributed by atoms with van der Waals surface area (Å²) in [4.78, 5) is 12.9. The third-order valence-corrected chi connectivity index (χ3v) is 7.22. The van der Waals surface area contributed by atoms with Gasteiger partial charge in [-0.3, -0.25) is 4.79 Å². The number of rotatable bonds is 8. The highest BCUT2D eigenvalue weighted by atomic mass is 32.2. The second-order valence-electron chi connectivity index (χ2n) is 8.05. The quantitative estimate of drug-likeness (QED) is 0.300. The molecule has 4 aromatic carbocycles. The van der Waals surface area contributed by atoms with Gasteiger partial charge in [0.2, 0.25) is 5.91 Å². The lowest BCUT2D eigenvalue weighted by molar-refractivity contribution is -0.115. The summed E-state index contributed by atoms with van der Waals surface area (Å²) in [5.74, 6) is -0.537. The molecule has 0 saturated carbocycles. The predicted molar refractivity (Wildman–Crippen MR) is 135 cm³/mol. The van der Waals surface area contributed by atoms with Crippen LogP contribution in [0.15, 0.2) is 95.9 Å². The molecule has 0 saturated heterocycles. The van der Waals surface area contributed by atoms with Crippen LogP contribution in [0.3, 0.4) is 0 Å². The smallest absolute Gasteiger partial charge is 0.228 e. The molecule has 0 fully saturated rings. The summed E-state index contributed by atoms with van der Waals surface area (Å²) in [5, 5.41) is 2.80. The lowest BCUT2D eigenvalue weighted by atomic mass is 10.0. The molecule has 4 rings (SSSR count). The Morgan fingerprint density at radius 2 is 1.58 bits per heavy atom. The second kappa shape index (κ2) is 10.7. The maximum absolute atomic E-state index is 13.7. The number of hydrogen-bond acceptors (Lipinski definition) is 4. The topological polar surface area (TPSA) is 72.5 Å². The number of amides is 1. The standard InChI is InChI=1S/C28H23F2NO4S/c1-2-36(33,34)25-13-6-19(7-14-25)16-28(32)31-23-12-15-26(20-8-10-21(29)11-9-20)27(18-23)35-24-5-3-4-22(30)17-24/h3-15,17-18H,2,16H2,1H3,(H,31,32). The van der Waals surface area contributed by atoms with E-state index in [-0.39, 0.29) is 34.5 Å². The average Bonchev–Trinajstić information content (AvgIpc) is 2.85. The van der Waals surface area contributed by atoms with Crippen LogP contribution in [-0.2, 0) is 21.1 Å². The van der Waals surface area contributed by atoms with Crippen LogP contribution < -0.4 is 10.1 Å². The zero-order valence-electron chi connectivity index (χ0n) is 19.4. The van der Waals surface area contributed by atoms with Crippen molar-refractivity contribution in [1.82, 2.24) is 0 Å². The van der Waals surface area contributed by atoms with E-state index in [1.807, 2.05) is 0 Å². The van der Waals surface area contributed by atoms with Crippen LogP contribution in [0.2, 0.25) is 0 Å². The maximum Gasteiger partial charge on any atom is 0.228 e. The fourth-order valence-corrected chi connectivity index (χ4v) is 4.47. The van der Waals surface area contributed by atoms with Gasteiger partial charge in [0.1, 0.15) is 23.1 Å². The number of nitrogens with one attached hydrogen (secondary N) is 1. The van der Waals surface area contributed by atoms with Gasteiger partial charge in [-0.25, -0.2) is 17.2 Å². The average molecular weight is 508 g/mol. The Hall–Kier alpha value is -4.04. The second-order valence-corrected chi connectivity index (χ2v) is 10.3. The van der Waals surface area contributed by atoms with E-state index < -0.39 is 15.7 Å². The Morgan fingerprint density at radius 1 is 0.861 bits per heavy atom. The van der Waals surface area contributed by atoms with E-state index in [0.717, 1.165) is 0 Å². The monoisotopic (exact) mass is 507 g/mol. The first-order valence-electron chi connectivity index (χ1n) is 11.2. The van der Waals surface area contributed by atoms with Crippen molar-refractivity contribution < 1.29 is 26.7 Å². The van der Waals surface area contributed by atoms with Gasteiger partial charge in [-0.1, -0.05) is 37.3 Å². The van der Waals surface area contributed by atoms with Gasteiger partial charge in [-0.05, 0) is 59.7 Å². The molecule has 0 unspecified atom stereocenters. The lowest BCUT2D eigenvalue weighted by Crippen LogP contribution is -2.14. The van der Waals surface area contributed by atoms with Crippen LogP contribution in [0.5, 0.6) is 11.5 Å². The minimum absolute atomic E-state index is 0.000771. The van der Waals surface area contributed by atoms with Crippen LogP contribution in [0, 0.1) is 11.6 Å². The van der Waals surface area contributed by atoms with Crippen molar-refractivity contribution in [3.05, 3.63) is 108 Å². The first-order chi connectivity index (χ1) is 17.2. The molecule has 1 amide bonds. The fraction of sp³-hybridized carbons (Fsp3) is 0.107. The third-order valence-electron chi connectivity index (χ3n) is 5.47. The molecule has 0 heterocycles. The summed E-state index contributed by atoms with van der Waals surface area (Å²) in [6, 6.07) is 22.7. The molecule has 4 aromatic rings. The summed E-state index contributed by atoms with van der Waals surface area (Å²) in [5.41, 5.74) is 2.41. The Kier molecular flexibility index (Phi) is 7.45. The van der Waals surface area contributed by atoms with Crippen molar-refractivity contribution in [1.29, 1.82) is 0 Å². The molecule has 0 spiro atoms. The first-order valence-corrected chi connectivity index (χ1v) is 12.8. The van der Waals surface area contributed by atoms with E-state index in [1.165, 1.54) is 42.5 Å². The molecule has 0 aliphatic rings. The highest BCUT2D eigenvalue weighted by Crippen LogP contribution is 2.36. The van der Waals surface area contributed by atoms with Gasteiger partial charge in [-0.2, -0.15) is 0 Å². The number of benzene rings is 4. The highest BCUT2D eigenvalue weighted by molar-refractivity contribution is 7.91. The van der Waals surface area contributed by atoms with Crippen LogP contribution in [0.1, 0.15) is 12.5 Å². The molecule has 0 atom stereocenters. The van der Waals surface area contributed by atoms with Crippen molar-refractivity contribution in [2.45, 2.75) is 18.2 Å². The zero-order valence-corrected chi connectivity index (χ0v) is 20.2. The summed E-state index contributed by atoms with van der Waals surface area (Å²) in [7, 11) is -3.31. The molecule has 36 heavy (non-hydrogen) atoms.